The van der Waals surface area contributed by atoms with Crippen LogP contribution in [0.4, 0.5) is 0 Å². The van der Waals surface area contributed by atoms with E-state index in [0.29, 0.717) is 12.5 Å². The van der Waals surface area contributed by atoms with Crippen molar-refractivity contribution in [2.24, 2.45) is 5.92 Å². The number of fused-ring (bicyclic) bond motifs is 3. The number of hydrogen-bond acceptors (Lipinski definition) is 1. The Labute approximate surface area is 160 Å². The van der Waals surface area contributed by atoms with Crippen LogP contribution in [0.15, 0.2) is 66.9 Å². The van der Waals surface area contributed by atoms with Crippen LogP contribution in [0.5, 0.6) is 0 Å². The maximum absolute atomic E-state index is 13.4. The van der Waals surface area contributed by atoms with Crippen molar-refractivity contribution < 1.29 is 4.79 Å². The van der Waals surface area contributed by atoms with E-state index < -0.39 is 0 Å². The Kier molecular flexibility index (Phi) is 3.89. The van der Waals surface area contributed by atoms with E-state index in [0.717, 1.165) is 18.5 Å². The molecule has 1 saturated carbocycles. The number of carbonyl (C=O) groups excluding carboxylic acids is 1. The van der Waals surface area contributed by atoms with Crippen LogP contribution < -0.4 is 0 Å². The van der Waals surface area contributed by atoms with Crippen LogP contribution in [0.1, 0.15) is 47.7 Å². The third-order valence-electron chi connectivity index (χ3n) is 6.09. The fraction of sp³-hybridized carbons (Fsp3) is 0.292. The van der Waals surface area contributed by atoms with Crippen LogP contribution in [0.25, 0.3) is 5.69 Å². The fourth-order valence-corrected chi connectivity index (χ4v) is 4.34. The number of carbonyl (C=O) groups is 1. The van der Waals surface area contributed by atoms with Gasteiger partial charge in [-0.15, -0.1) is 0 Å². The third kappa shape index (κ3) is 2.69. The molecular formula is C24H24N2O. The molecule has 0 bridgehead atoms. The molecule has 0 radical (unpaired) electrons. The Hall–Kier alpha value is -2.81. The largest absolute Gasteiger partial charge is 0.325 e. The highest BCUT2D eigenvalue weighted by molar-refractivity contribution is 5.81. The number of aryl methyl sites for hydroxylation is 1. The Morgan fingerprint density at radius 1 is 0.963 bits per heavy atom. The zero-order valence-electron chi connectivity index (χ0n) is 15.6. The van der Waals surface area contributed by atoms with E-state index in [2.05, 4.69) is 83.3 Å². The molecule has 2 aromatic carbocycles. The summed E-state index contributed by atoms with van der Waals surface area (Å²) in [6, 6.07) is 21.3. The highest BCUT2D eigenvalue weighted by Crippen LogP contribution is 2.39. The Bertz CT molecular complexity index is 982. The SMILES string of the molecule is Cc1ccc(C2c3cccn3-c3ccccc3CN2C(=O)C2CCC2)cc1. The highest BCUT2D eigenvalue weighted by atomic mass is 16.2. The number of amides is 1. The molecule has 1 fully saturated rings. The monoisotopic (exact) mass is 356 g/mol. The van der Waals surface area contributed by atoms with Gasteiger partial charge in [-0.05, 0) is 49.1 Å². The summed E-state index contributed by atoms with van der Waals surface area (Å²) in [6.07, 6.45) is 5.34. The second kappa shape index (κ2) is 6.41. The molecule has 1 atom stereocenters. The lowest BCUT2D eigenvalue weighted by Gasteiger charge is -2.36. The first kappa shape index (κ1) is 16.4. The molecule has 2 heterocycles. The number of para-hydroxylation sites is 1. The number of rotatable bonds is 2. The summed E-state index contributed by atoms with van der Waals surface area (Å²) in [7, 11) is 0. The maximum Gasteiger partial charge on any atom is 0.226 e. The molecule has 1 amide bonds. The van der Waals surface area contributed by atoms with E-state index in [4.69, 9.17) is 0 Å². The average molecular weight is 356 g/mol. The smallest absolute Gasteiger partial charge is 0.226 e. The van der Waals surface area contributed by atoms with Gasteiger partial charge in [-0.2, -0.15) is 0 Å². The minimum atomic E-state index is -0.0545. The van der Waals surface area contributed by atoms with Gasteiger partial charge in [-0.25, -0.2) is 0 Å². The summed E-state index contributed by atoms with van der Waals surface area (Å²) < 4.78 is 2.26. The van der Waals surface area contributed by atoms with Crippen molar-refractivity contribution in [3.63, 3.8) is 0 Å². The van der Waals surface area contributed by atoms with E-state index in [1.807, 2.05) is 0 Å². The Morgan fingerprint density at radius 2 is 1.74 bits per heavy atom. The van der Waals surface area contributed by atoms with E-state index >= 15 is 0 Å². The van der Waals surface area contributed by atoms with Gasteiger partial charge in [0, 0.05) is 24.4 Å². The second-order valence-corrected chi connectivity index (χ2v) is 7.84. The Balaban J connectivity index is 1.69. The lowest BCUT2D eigenvalue weighted by Crippen LogP contribution is -2.41. The number of nitrogens with zero attached hydrogens (tertiary/aromatic N) is 2. The number of benzene rings is 2. The number of aromatic nitrogens is 1. The fourth-order valence-electron chi connectivity index (χ4n) is 4.34. The first-order valence-corrected chi connectivity index (χ1v) is 9.85. The van der Waals surface area contributed by atoms with Gasteiger partial charge in [0.15, 0.2) is 0 Å². The van der Waals surface area contributed by atoms with Gasteiger partial charge in [-0.1, -0.05) is 54.4 Å². The zero-order chi connectivity index (χ0) is 18.4. The van der Waals surface area contributed by atoms with Crippen molar-refractivity contribution in [3.8, 4) is 5.69 Å². The molecule has 0 saturated heterocycles. The molecule has 1 aliphatic carbocycles. The molecule has 0 N–H and O–H groups in total. The zero-order valence-corrected chi connectivity index (χ0v) is 15.6. The quantitative estimate of drug-likeness (QED) is 0.633. The molecule has 1 aliphatic heterocycles. The molecule has 3 aromatic rings. The predicted molar refractivity (Wildman–Crippen MR) is 107 cm³/mol. The average Bonchev–Trinajstić information content (AvgIpc) is 3.06. The molecule has 1 aromatic heterocycles. The van der Waals surface area contributed by atoms with Crippen LogP contribution in [-0.2, 0) is 11.3 Å². The molecule has 3 nitrogen and oxygen atoms in total. The van der Waals surface area contributed by atoms with Crippen LogP contribution in [0.2, 0.25) is 0 Å². The molecule has 136 valence electrons. The van der Waals surface area contributed by atoms with Crippen molar-refractivity contribution in [1.82, 2.24) is 9.47 Å². The van der Waals surface area contributed by atoms with E-state index in [-0.39, 0.29) is 12.0 Å². The van der Waals surface area contributed by atoms with Crippen molar-refractivity contribution >= 4 is 5.91 Å². The highest BCUT2D eigenvalue weighted by Gasteiger charge is 2.37. The predicted octanol–water partition coefficient (Wildman–Crippen LogP) is 5.02. The molecule has 5 rings (SSSR count). The maximum atomic E-state index is 13.4. The van der Waals surface area contributed by atoms with Crippen LogP contribution in [0, 0.1) is 12.8 Å². The van der Waals surface area contributed by atoms with Gasteiger partial charge in [0.05, 0.1) is 11.7 Å². The second-order valence-electron chi connectivity index (χ2n) is 7.84. The van der Waals surface area contributed by atoms with Crippen molar-refractivity contribution in [3.05, 3.63) is 89.2 Å². The van der Waals surface area contributed by atoms with Gasteiger partial charge in [0.1, 0.15) is 0 Å². The van der Waals surface area contributed by atoms with Gasteiger partial charge >= 0.3 is 0 Å². The van der Waals surface area contributed by atoms with E-state index in [9.17, 15) is 4.79 Å². The third-order valence-corrected chi connectivity index (χ3v) is 6.09. The van der Waals surface area contributed by atoms with Gasteiger partial charge < -0.3 is 9.47 Å². The summed E-state index contributed by atoms with van der Waals surface area (Å²) >= 11 is 0. The van der Waals surface area contributed by atoms with E-state index in [1.54, 1.807) is 0 Å². The van der Waals surface area contributed by atoms with E-state index in [1.165, 1.54) is 28.8 Å². The van der Waals surface area contributed by atoms with Gasteiger partial charge in [0.25, 0.3) is 0 Å². The summed E-state index contributed by atoms with van der Waals surface area (Å²) in [5, 5.41) is 0. The topological polar surface area (TPSA) is 25.2 Å². The molecule has 0 spiro atoms. The summed E-state index contributed by atoms with van der Waals surface area (Å²) in [5.74, 6) is 0.489. The standard InChI is InChI=1S/C24H24N2O/c1-17-11-13-18(14-12-17)23-22-10-5-15-25(22)21-9-3-2-6-20(21)16-26(23)24(27)19-7-4-8-19/h2-3,5-6,9-15,19,23H,4,7-8,16H2,1H3. The summed E-state index contributed by atoms with van der Waals surface area (Å²) in [6.45, 7) is 2.76. The number of hydrogen-bond donors (Lipinski definition) is 0. The van der Waals surface area contributed by atoms with Crippen molar-refractivity contribution in [1.29, 1.82) is 0 Å². The normalized spacial score (nSPS) is 19.0. The van der Waals surface area contributed by atoms with Gasteiger partial charge in [0.2, 0.25) is 5.91 Å². The molecule has 1 unspecified atom stereocenters. The summed E-state index contributed by atoms with van der Waals surface area (Å²) in [5.41, 5.74) is 5.97. The molecule has 2 aliphatic rings. The molecule has 27 heavy (non-hydrogen) atoms. The van der Waals surface area contributed by atoms with Crippen LogP contribution in [-0.4, -0.2) is 15.4 Å². The van der Waals surface area contributed by atoms with Crippen molar-refractivity contribution in [2.75, 3.05) is 0 Å². The first-order valence-electron chi connectivity index (χ1n) is 9.85. The minimum Gasteiger partial charge on any atom is -0.325 e. The molecular weight excluding hydrogens is 332 g/mol. The minimum absolute atomic E-state index is 0.0545. The van der Waals surface area contributed by atoms with Crippen LogP contribution >= 0.6 is 0 Å². The summed E-state index contributed by atoms with van der Waals surface area (Å²) in [4.78, 5) is 15.6. The molecule has 3 heteroatoms. The lowest BCUT2D eigenvalue weighted by atomic mass is 9.83. The van der Waals surface area contributed by atoms with Crippen molar-refractivity contribution in [2.45, 2.75) is 38.8 Å². The van der Waals surface area contributed by atoms with Crippen LogP contribution in [0.3, 0.4) is 0 Å². The lowest BCUT2D eigenvalue weighted by molar-refractivity contribution is -0.140. The first-order chi connectivity index (χ1) is 13.2. The van der Waals surface area contributed by atoms with Gasteiger partial charge in [-0.3, -0.25) is 4.79 Å². The Morgan fingerprint density at radius 3 is 2.48 bits per heavy atom.